The first-order chi connectivity index (χ1) is 13.1. The minimum absolute atomic E-state index is 0.119. The lowest BCUT2D eigenvalue weighted by Crippen LogP contribution is -2.55. The van der Waals surface area contributed by atoms with Crippen LogP contribution >= 0.6 is 0 Å². The van der Waals surface area contributed by atoms with E-state index in [0.29, 0.717) is 32.4 Å². The third-order valence-electron chi connectivity index (χ3n) is 4.20. The predicted molar refractivity (Wildman–Crippen MR) is 106 cm³/mol. The molecule has 162 valence electrons. The third-order valence-corrected chi connectivity index (χ3v) is 4.20. The van der Waals surface area contributed by atoms with Gasteiger partial charge in [0.2, 0.25) is 11.8 Å². The fourth-order valence-corrected chi connectivity index (χ4v) is 2.39. The molecule has 0 aromatic rings. The summed E-state index contributed by atoms with van der Waals surface area (Å²) < 4.78 is 0. The van der Waals surface area contributed by atoms with Crippen LogP contribution in [0.4, 0.5) is 0 Å². The normalized spacial score (nSPS) is 14.0. The number of carboxylic acid groups (broad SMARTS) is 1. The summed E-state index contributed by atoms with van der Waals surface area (Å²) in [7, 11) is 0. The maximum atomic E-state index is 12.6. The first kappa shape index (κ1) is 25.6. The van der Waals surface area contributed by atoms with Crippen LogP contribution < -0.4 is 33.2 Å². The maximum absolute atomic E-state index is 12.6. The van der Waals surface area contributed by atoms with Crippen LogP contribution in [-0.2, 0) is 14.4 Å². The van der Waals surface area contributed by atoms with Crippen LogP contribution in [0.2, 0.25) is 0 Å². The van der Waals surface area contributed by atoms with Gasteiger partial charge in [-0.25, -0.2) is 4.79 Å². The zero-order valence-electron chi connectivity index (χ0n) is 16.7. The summed E-state index contributed by atoms with van der Waals surface area (Å²) in [5, 5.41) is 24.1. The van der Waals surface area contributed by atoms with Gasteiger partial charge in [0.05, 0.1) is 6.04 Å². The van der Waals surface area contributed by atoms with E-state index in [2.05, 4.69) is 16.0 Å². The second-order valence-corrected chi connectivity index (χ2v) is 7.00. The molecule has 0 saturated heterocycles. The topological polar surface area (TPSA) is 209 Å². The van der Waals surface area contributed by atoms with Crippen molar-refractivity contribution in [3.05, 3.63) is 0 Å². The van der Waals surface area contributed by atoms with Crippen molar-refractivity contribution >= 4 is 23.7 Å². The van der Waals surface area contributed by atoms with Gasteiger partial charge in [0.25, 0.3) is 0 Å². The average Bonchev–Trinajstić information content (AvgIpc) is 2.61. The van der Waals surface area contributed by atoms with Crippen LogP contribution in [0.15, 0.2) is 0 Å². The van der Waals surface area contributed by atoms with Crippen molar-refractivity contribution in [1.29, 1.82) is 5.41 Å². The fourth-order valence-electron chi connectivity index (χ4n) is 2.39. The van der Waals surface area contributed by atoms with Gasteiger partial charge in [-0.2, -0.15) is 0 Å². The van der Waals surface area contributed by atoms with Gasteiger partial charge in [0.1, 0.15) is 12.1 Å². The van der Waals surface area contributed by atoms with Crippen LogP contribution in [0.5, 0.6) is 0 Å². The molecule has 0 aliphatic heterocycles. The quantitative estimate of drug-likeness (QED) is 0.0964. The second-order valence-electron chi connectivity index (χ2n) is 7.00. The highest BCUT2D eigenvalue weighted by Gasteiger charge is 2.28. The monoisotopic (exact) mass is 401 g/mol. The van der Waals surface area contributed by atoms with Crippen LogP contribution in [0, 0.1) is 11.3 Å². The number of hydrogen-bond donors (Lipinski definition) is 8. The Bertz CT molecular complexity index is 528. The van der Waals surface area contributed by atoms with Gasteiger partial charge in [-0.05, 0) is 44.6 Å². The smallest absolute Gasteiger partial charge is 0.326 e. The van der Waals surface area contributed by atoms with Crippen molar-refractivity contribution in [2.75, 3.05) is 13.1 Å². The van der Waals surface area contributed by atoms with Crippen LogP contribution in [-0.4, -0.2) is 60.1 Å². The lowest BCUT2D eigenvalue weighted by atomic mass is 10.0. The summed E-state index contributed by atoms with van der Waals surface area (Å²) in [6.45, 7) is 4.35. The summed E-state index contributed by atoms with van der Waals surface area (Å²) >= 11 is 0. The molecule has 0 fully saturated rings. The van der Waals surface area contributed by atoms with Crippen molar-refractivity contribution in [2.24, 2.45) is 23.1 Å². The Morgan fingerprint density at radius 3 is 2.07 bits per heavy atom. The van der Waals surface area contributed by atoms with E-state index in [9.17, 15) is 19.5 Å². The number of nitrogens with one attached hydrogen (secondary N) is 4. The highest BCUT2D eigenvalue weighted by atomic mass is 16.4. The first-order valence-corrected chi connectivity index (χ1v) is 9.47. The van der Waals surface area contributed by atoms with E-state index in [1.807, 2.05) is 0 Å². The lowest BCUT2D eigenvalue weighted by Gasteiger charge is -2.24. The van der Waals surface area contributed by atoms with E-state index >= 15 is 0 Å². The summed E-state index contributed by atoms with van der Waals surface area (Å²) in [6, 6.07) is -2.79. The number of guanidine groups is 1. The Balaban J connectivity index is 5.01. The fraction of sp³-hybridized carbons (Fsp3) is 0.765. The van der Waals surface area contributed by atoms with Crippen LogP contribution in [0.1, 0.15) is 46.0 Å². The molecular formula is C17H35N7O4. The molecule has 0 heterocycles. The highest BCUT2D eigenvalue weighted by Crippen LogP contribution is 2.05. The van der Waals surface area contributed by atoms with E-state index in [0.717, 1.165) is 0 Å². The van der Waals surface area contributed by atoms with Gasteiger partial charge in [-0.3, -0.25) is 15.0 Å². The molecule has 2 amide bonds. The third kappa shape index (κ3) is 10.7. The molecule has 3 atom stereocenters. The van der Waals surface area contributed by atoms with Crippen LogP contribution in [0.25, 0.3) is 0 Å². The van der Waals surface area contributed by atoms with E-state index in [1.165, 1.54) is 0 Å². The largest absolute Gasteiger partial charge is 0.480 e. The molecule has 0 radical (unpaired) electrons. The summed E-state index contributed by atoms with van der Waals surface area (Å²) in [4.78, 5) is 36.3. The minimum Gasteiger partial charge on any atom is -0.480 e. The highest BCUT2D eigenvalue weighted by molar-refractivity contribution is 5.91. The number of amides is 2. The molecule has 0 aliphatic carbocycles. The number of hydrogen-bond acceptors (Lipinski definition) is 6. The zero-order valence-corrected chi connectivity index (χ0v) is 16.7. The molecule has 11 heteroatoms. The molecule has 0 aromatic heterocycles. The van der Waals surface area contributed by atoms with Gasteiger partial charge in [-0.15, -0.1) is 0 Å². The number of rotatable bonds is 14. The molecule has 0 rings (SSSR count). The molecule has 0 saturated carbocycles. The van der Waals surface area contributed by atoms with Crippen molar-refractivity contribution < 1.29 is 19.5 Å². The summed E-state index contributed by atoms with van der Waals surface area (Å²) in [5.74, 6) is -2.53. The van der Waals surface area contributed by atoms with Gasteiger partial charge in [-0.1, -0.05) is 13.8 Å². The Morgan fingerprint density at radius 2 is 1.57 bits per heavy atom. The Kier molecular flexibility index (Phi) is 12.5. The van der Waals surface area contributed by atoms with E-state index < -0.39 is 35.9 Å². The molecule has 0 aromatic carbocycles. The van der Waals surface area contributed by atoms with Crippen molar-refractivity contribution in [2.45, 2.75) is 64.1 Å². The van der Waals surface area contributed by atoms with Crippen LogP contribution in [0.3, 0.4) is 0 Å². The molecular weight excluding hydrogens is 366 g/mol. The number of nitrogens with two attached hydrogens (primary N) is 3. The number of carboxylic acids is 1. The molecule has 0 bridgehead atoms. The molecule has 11 N–H and O–H groups in total. The molecule has 11 nitrogen and oxygen atoms in total. The van der Waals surface area contributed by atoms with Gasteiger partial charge in [0, 0.05) is 6.54 Å². The first-order valence-electron chi connectivity index (χ1n) is 9.47. The Labute approximate surface area is 165 Å². The molecule has 0 spiro atoms. The molecule has 0 aliphatic rings. The van der Waals surface area contributed by atoms with Gasteiger partial charge < -0.3 is 38.3 Å². The summed E-state index contributed by atoms with van der Waals surface area (Å²) in [5.41, 5.74) is 16.5. The zero-order chi connectivity index (χ0) is 21.7. The van der Waals surface area contributed by atoms with E-state index in [-0.39, 0.29) is 24.7 Å². The number of carbonyl (C=O) groups excluding carboxylic acids is 2. The molecule has 0 unspecified atom stereocenters. The standard InChI is InChI=1S/C17H35N7O4/c1-10(2)13(19)15(26)23-11(7-5-9-22-17(20)21)14(25)24-12(16(27)28)6-3-4-8-18/h10-13H,3-9,18-19H2,1-2H3,(H,23,26)(H,24,25)(H,27,28)(H4,20,21,22)/t11-,12-,13-/m0/s1. The Morgan fingerprint density at radius 1 is 1.00 bits per heavy atom. The minimum atomic E-state index is -1.15. The van der Waals surface area contributed by atoms with Crippen molar-refractivity contribution in [3.63, 3.8) is 0 Å². The maximum Gasteiger partial charge on any atom is 0.326 e. The SMILES string of the molecule is CC(C)[C@H](N)C(=O)N[C@@H](CCCNC(=N)N)C(=O)N[C@@H](CCCCN)C(=O)O. The number of carbonyl (C=O) groups is 3. The summed E-state index contributed by atoms with van der Waals surface area (Å²) in [6.07, 6.45) is 2.12. The average molecular weight is 402 g/mol. The molecule has 28 heavy (non-hydrogen) atoms. The van der Waals surface area contributed by atoms with Crippen molar-refractivity contribution in [3.8, 4) is 0 Å². The Hall–Kier alpha value is -2.40. The van der Waals surface area contributed by atoms with Crippen molar-refractivity contribution in [1.82, 2.24) is 16.0 Å². The predicted octanol–water partition coefficient (Wildman–Crippen LogP) is -1.58. The van der Waals surface area contributed by atoms with E-state index in [4.69, 9.17) is 22.6 Å². The number of aliphatic carboxylic acids is 1. The second kappa shape index (κ2) is 13.7. The van der Waals surface area contributed by atoms with Gasteiger partial charge >= 0.3 is 5.97 Å². The lowest BCUT2D eigenvalue weighted by molar-refractivity contribution is -0.142. The van der Waals surface area contributed by atoms with E-state index in [1.54, 1.807) is 13.8 Å². The number of unbranched alkanes of at least 4 members (excludes halogenated alkanes) is 1. The van der Waals surface area contributed by atoms with Gasteiger partial charge in [0.15, 0.2) is 5.96 Å².